The zero-order chi connectivity index (χ0) is 15.7. The molecule has 3 heterocycles. The van der Waals surface area contributed by atoms with Crippen molar-refractivity contribution in [1.29, 1.82) is 0 Å². The molecule has 0 aromatic heterocycles. The van der Waals surface area contributed by atoms with Crippen molar-refractivity contribution >= 4 is 34.5 Å². The van der Waals surface area contributed by atoms with E-state index in [2.05, 4.69) is 9.98 Å². The van der Waals surface area contributed by atoms with Gasteiger partial charge in [-0.15, -0.1) is 0 Å². The Hall–Kier alpha value is -1.47. The van der Waals surface area contributed by atoms with E-state index in [-0.39, 0.29) is 24.2 Å². The monoisotopic (exact) mass is 321 g/mol. The van der Waals surface area contributed by atoms with Crippen LogP contribution in [-0.2, 0) is 14.3 Å². The number of aliphatic imine (C=N–C) groups is 2. The van der Waals surface area contributed by atoms with Gasteiger partial charge in [0, 0.05) is 13.1 Å². The average Bonchev–Trinajstić information content (AvgIpc) is 2.83. The van der Waals surface area contributed by atoms with E-state index in [0.717, 1.165) is 21.9 Å². The van der Waals surface area contributed by atoms with E-state index in [1.54, 1.807) is 4.90 Å². The number of morpholine rings is 1. The second-order valence-corrected chi connectivity index (χ2v) is 6.69. The number of carbonyl (C=O) groups is 2. The molecule has 6 nitrogen and oxygen atoms in total. The van der Waals surface area contributed by atoms with Crippen molar-refractivity contribution in [3.63, 3.8) is 0 Å². The van der Waals surface area contributed by atoms with E-state index < -0.39 is 0 Å². The van der Waals surface area contributed by atoms with Gasteiger partial charge in [0.25, 0.3) is 5.91 Å². The van der Waals surface area contributed by atoms with E-state index in [0.29, 0.717) is 32.1 Å². The number of amides is 2. The van der Waals surface area contributed by atoms with Gasteiger partial charge >= 0.3 is 0 Å². The van der Waals surface area contributed by atoms with Crippen molar-refractivity contribution in [2.75, 3.05) is 26.3 Å². The molecule has 3 aliphatic heterocycles. The Labute approximate surface area is 133 Å². The number of hydrogen-bond donors (Lipinski definition) is 0. The van der Waals surface area contributed by atoms with Gasteiger partial charge in [-0.1, -0.05) is 18.7 Å². The molecule has 1 saturated heterocycles. The number of ether oxygens (including phenoxy) is 1. The number of thioether (sulfide) groups is 1. The maximum absolute atomic E-state index is 12.3. The highest BCUT2D eigenvalue weighted by molar-refractivity contribution is 8.17. The Kier molecular flexibility index (Phi) is 4.44. The Morgan fingerprint density at radius 3 is 2.77 bits per heavy atom. The molecule has 0 bridgehead atoms. The molecule has 118 valence electrons. The number of amidine groups is 1. The highest BCUT2D eigenvalue weighted by Crippen LogP contribution is 2.41. The summed E-state index contributed by atoms with van der Waals surface area (Å²) in [6, 6.07) is 0. The standard InChI is InChI=1S/C15H19N3O3S/c1-3-10-9(2)22-15-13(10)14(20)16-11(17-15)8-12(19)18-4-6-21-7-5-18/h13H,3-8H2,1-2H3. The number of allylic oxidation sites excluding steroid dienone is 1. The summed E-state index contributed by atoms with van der Waals surface area (Å²) >= 11 is 1.54. The lowest BCUT2D eigenvalue weighted by atomic mass is 9.96. The summed E-state index contributed by atoms with van der Waals surface area (Å²) in [6.45, 7) is 6.36. The van der Waals surface area contributed by atoms with Crippen LogP contribution in [0.4, 0.5) is 0 Å². The molecule has 22 heavy (non-hydrogen) atoms. The van der Waals surface area contributed by atoms with Gasteiger partial charge in [0.2, 0.25) is 5.91 Å². The molecule has 0 aromatic rings. The van der Waals surface area contributed by atoms with E-state index in [1.807, 2.05) is 13.8 Å². The Bertz CT molecular complexity index is 603. The lowest BCUT2D eigenvalue weighted by molar-refractivity contribution is -0.133. The third kappa shape index (κ3) is 2.87. The maximum atomic E-state index is 12.3. The first kappa shape index (κ1) is 15.4. The Morgan fingerprint density at radius 2 is 2.09 bits per heavy atom. The summed E-state index contributed by atoms with van der Waals surface area (Å²) in [5, 5.41) is 0.777. The number of nitrogens with zero attached hydrogens (tertiary/aromatic N) is 3. The highest BCUT2D eigenvalue weighted by Gasteiger charge is 2.38. The summed E-state index contributed by atoms with van der Waals surface area (Å²) < 4.78 is 5.23. The van der Waals surface area contributed by atoms with Crippen LogP contribution >= 0.6 is 11.8 Å². The van der Waals surface area contributed by atoms with Gasteiger partial charge in [0.05, 0.1) is 24.7 Å². The molecule has 0 spiro atoms. The molecule has 0 radical (unpaired) electrons. The van der Waals surface area contributed by atoms with Gasteiger partial charge in [0.15, 0.2) is 0 Å². The topological polar surface area (TPSA) is 71.3 Å². The molecule has 3 aliphatic rings. The largest absolute Gasteiger partial charge is 0.378 e. The Balaban J connectivity index is 1.71. The molecule has 0 aromatic carbocycles. The van der Waals surface area contributed by atoms with Crippen LogP contribution in [0.25, 0.3) is 0 Å². The zero-order valence-electron chi connectivity index (χ0n) is 12.8. The smallest absolute Gasteiger partial charge is 0.261 e. The fourth-order valence-electron chi connectivity index (χ4n) is 2.91. The van der Waals surface area contributed by atoms with Gasteiger partial charge in [-0.05, 0) is 23.8 Å². The van der Waals surface area contributed by atoms with E-state index in [9.17, 15) is 9.59 Å². The molecular formula is C15H19N3O3S. The van der Waals surface area contributed by atoms with Crippen LogP contribution in [0, 0.1) is 5.92 Å². The van der Waals surface area contributed by atoms with E-state index in [4.69, 9.17) is 4.74 Å². The van der Waals surface area contributed by atoms with Crippen LogP contribution in [0.3, 0.4) is 0 Å². The molecule has 0 saturated carbocycles. The van der Waals surface area contributed by atoms with Crippen molar-refractivity contribution in [3.8, 4) is 0 Å². The summed E-state index contributed by atoms with van der Waals surface area (Å²) in [5.74, 6) is -0.195. The lowest BCUT2D eigenvalue weighted by Crippen LogP contribution is -2.41. The second kappa shape index (κ2) is 6.34. The maximum Gasteiger partial charge on any atom is 0.261 e. The van der Waals surface area contributed by atoms with E-state index >= 15 is 0 Å². The quantitative estimate of drug-likeness (QED) is 0.792. The van der Waals surface area contributed by atoms with Crippen molar-refractivity contribution in [2.45, 2.75) is 26.7 Å². The third-order valence-electron chi connectivity index (χ3n) is 4.08. The van der Waals surface area contributed by atoms with E-state index in [1.165, 1.54) is 11.8 Å². The molecule has 0 N–H and O–H groups in total. The van der Waals surface area contributed by atoms with Crippen molar-refractivity contribution in [1.82, 2.24) is 4.90 Å². The molecular weight excluding hydrogens is 302 g/mol. The summed E-state index contributed by atoms with van der Waals surface area (Å²) in [4.78, 5) is 35.9. The van der Waals surface area contributed by atoms with Crippen molar-refractivity contribution in [3.05, 3.63) is 10.5 Å². The van der Waals surface area contributed by atoms with Gasteiger partial charge in [0.1, 0.15) is 11.8 Å². The zero-order valence-corrected chi connectivity index (χ0v) is 13.6. The number of fused-ring (bicyclic) bond motifs is 1. The number of carbonyl (C=O) groups excluding carboxylic acids is 2. The van der Waals surface area contributed by atoms with Gasteiger partial charge in [-0.25, -0.2) is 4.99 Å². The minimum absolute atomic E-state index is 0.0407. The van der Waals surface area contributed by atoms with Gasteiger partial charge in [-0.2, -0.15) is 4.99 Å². The first-order valence-electron chi connectivity index (χ1n) is 7.53. The minimum atomic E-state index is -0.308. The van der Waals surface area contributed by atoms with Gasteiger partial charge < -0.3 is 9.64 Å². The molecule has 7 heteroatoms. The number of rotatable bonds is 3. The minimum Gasteiger partial charge on any atom is -0.378 e. The summed E-state index contributed by atoms with van der Waals surface area (Å²) in [5.41, 5.74) is 1.11. The van der Waals surface area contributed by atoms with Crippen LogP contribution in [-0.4, -0.2) is 53.9 Å². The fourth-order valence-corrected chi connectivity index (χ4v) is 4.13. The molecule has 0 aliphatic carbocycles. The number of hydrogen-bond acceptors (Lipinski definition) is 5. The van der Waals surface area contributed by atoms with Crippen LogP contribution in [0.5, 0.6) is 0 Å². The Morgan fingerprint density at radius 1 is 1.36 bits per heavy atom. The summed E-state index contributed by atoms with van der Waals surface area (Å²) in [6.07, 6.45) is 0.912. The first-order chi connectivity index (χ1) is 10.6. The lowest BCUT2D eigenvalue weighted by Gasteiger charge is -2.27. The molecule has 2 amide bonds. The second-order valence-electron chi connectivity index (χ2n) is 5.46. The molecule has 3 rings (SSSR count). The van der Waals surface area contributed by atoms with Gasteiger partial charge in [-0.3, -0.25) is 9.59 Å². The SMILES string of the molecule is CCC1=C(C)SC2=NC(CC(=O)N3CCOCC3)=NC(=O)C21. The van der Waals surface area contributed by atoms with Crippen molar-refractivity contribution < 1.29 is 14.3 Å². The molecule has 1 atom stereocenters. The predicted molar refractivity (Wildman–Crippen MR) is 86.0 cm³/mol. The predicted octanol–water partition coefficient (Wildman–Crippen LogP) is 1.62. The van der Waals surface area contributed by atoms with Crippen molar-refractivity contribution in [2.24, 2.45) is 15.9 Å². The first-order valence-corrected chi connectivity index (χ1v) is 8.34. The highest BCUT2D eigenvalue weighted by atomic mass is 32.2. The summed E-state index contributed by atoms with van der Waals surface area (Å²) in [7, 11) is 0. The third-order valence-corrected chi connectivity index (χ3v) is 5.19. The molecule has 1 unspecified atom stereocenters. The average molecular weight is 321 g/mol. The van der Waals surface area contributed by atoms with Crippen LogP contribution in [0.2, 0.25) is 0 Å². The van der Waals surface area contributed by atoms with Crippen LogP contribution in [0.15, 0.2) is 20.5 Å². The van der Waals surface area contributed by atoms with Crippen LogP contribution < -0.4 is 0 Å². The fraction of sp³-hybridized carbons (Fsp3) is 0.600. The van der Waals surface area contributed by atoms with Crippen LogP contribution in [0.1, 0.15) is 26.7 Å². The normalized spacial score (nSPS) is 25.1. The molecule has 1 fully saturated rings.